The highest BCUT2D eigenvalue weighted by Crippen LogP contribution is 2.16. The van der Waals surface area contributed by atoms with Gasteiger partial charge in [0.25, 0.3) is 0 Å². The molecule has 0 saturated carbocycles. The van der Waals surface area contributed by atoms with Gasteiger partial charge < -0.3 is 10.5 Å². The molecule has 1 heterocycles. The molecule has 1 aromatic heterocycles. The number of hydrogen-bond acceptors (Lipinski definition) is 6. The number of benzene rings is 1. The van der Waals surface area contributed by atoms with Crippen LogP contribution in [0.1, 0.15) is 31.4 Å². The highest BCUT2D eigenvalue weighted by molar-refractivity contribution is 7.14. The van der Waals surface area contributed by atoms with Crippen LogP contribution in [-0.4, -0.2) is 17.3 Å². The third-order valence-corrected chi connectivity index (χ3v) is 3.84. The number of anilines is 2. The maximum Gasteiger partial charge on any atom is 0.205 e. The summed E-state index contributed by atoms with van der Waals surface area (Å²) in [5, 5.41) is 6.31. The summed E-state index contributed by atoms with van der Waals surface area (Å²) in [6.07, 6.45) is 2.55. The smallest absolute Gasteiger partial charge is 0.205 e. The van der Waals surface area contributed by atoms with Crippen LogP contribution in [0, 0.1) is 5.82 Å². The van der Waals surface area contributed by atoms with Crippen LogP contribution < -0.4 is 11.2 Å². The van der Waals surface area contributed by atoms with Crippen molar-refractivity contribution < 1.29 is 9.13 Å². The Hall–Kier alpha value is -1.99. The lowest BCUT2D eigenvalue weighted by Crippen LogP contribution is -2.07. The van der Waals surface area contributed by atoms with Gasteiger partial charge in [-0.2, -0.15) is 5.10 Å². The molecule has 2 aromatic rings. The van der Waals surface area contributed by atoms with Crippen molar-refractivity contribution in [3.63, 3.8) is 0 Å². The molecule has 5 nitrogen and oxygen atoms in total. The van der Waals surface area contributed by atoms with Crippen molar-refractivity contribution in [2.24, 2.45) is 5.10 Å². The third-order valence-electron chi connectivity index (χ3n) is 3.07. The number of nitrogen functional groups attached to an aromatic ring is 1. The summed E-state index contributed by atoms with van der Waals surface area (Å²) in [5.74, 6) is 0.144. The van der Waals surface area contributed by atoms with Gasteiger partial charge in [-0.25, -0.2) is 9.37 Å². The minimum atomic E-state index is -0.300. The summed E-state index contributed by atoms with van der Waals surface area (Å²) in [5.41, 5.74) is 9.44. The van der Waals surface area contributed by atoms with Gasteiger partial charge in [0.05, 0.1) is 18.9 Å². The first kappa shape index (κ1) is 16.4. The summed E-state index contributed by atoms with van der Waals surface area (Å²) in [6, 6.07) is 4.93. The van der Waals surface area contributed by atoms with Crippen LogP contribution in [-0.2, 0) is 11.3 Å². The van der Waals surface area contributed by atoms with Crippen LogP contribution in [0.4, 0.5) is 15.3 Å². The lowest BCUT2D eigenvalue weighted by Gasteiger charge is -2.11. The van der Waals surface area contributed by atoms with Gasteiger partial charge in [0.1, 0.15) is 11.6 Å². The van der Waals surface area contributed by atoms with Gasteiger partial charge in [0.2, 0.25) is 5.13 Å². The lowest BCUT2D eigenvalue weighted by atomic mass is 10.1. The van der Waals surface area contributed by atoms with Crippen molar-refractivity contribution in [2.45, 2.75) is 33.0 Å². The van der Waals surface area contributed by atoms with E-state index in [1.165, 1.54) is 23.6 Å². The topological polar surface area (TPSA) is 72.5 Å². The van der Waals surface area contributed by atoms with Crippen LogP contribution in [0.3, 0.4) is 0 Å². The van der Waals surface area contributed by atoms with Crippen LogP contribution >= 0.6 is 11.3 Å². The minimum absolute atomic E-state index is 0.121. The zero-order valence-electron chi connectivity index (χ0n) is 12.5. The molecule has 22 heavy (non-hydrogen) atoms. The van der Waals surface area contributed by atoms with Crippen molar-refractivity contribution in [2.75, 3.05) is 11.2 Å². The van der Waals surface area contributed by atoms with Crippen molar-refractivity contribution in [1.82, 2.24) is 4.98 Å². The molecular formula is C15H19FN4OS. The number of halogens is 1. The molecule has 0 aliphatic carbocycles. The van der Waals surface area contributed by atoms with Crippen LogP contribution in [0.2, 0.25) is 0 Å². The van der Waals surface area contributed by atoms with Gasteiger partial charge >= 0.3 is 0 Å². The Kier molecular flexibility index (Phi) is 5.85. The Morgan fingerprint density at radius 2 is 2.36 bits per heavy atom. The first-order chi connectivity index (χ1) is 10.6. The number of nitrogens with one attached hydrogen (secondary N) is 1. The number of nitrogens with zero attached hydrogens (tertiary/aromatic N) is 2. The van der Waals surface area contributed by atoms with E-state index in [4.69, 9.17) is 10.5 Å². The molecule has 0 aliphatic rings. The van der Waals surface area contributed by atoms with E-state index in [-0.39, 0.29) is 18.5 Å². The Morgan fingerprint density at radius 3 is 3.00 bits per heavy atom. The summed E-state index contributed by atoms with van der Waals surface area (Å²) < 4.78 is 19.5. The van der Waals surface area contributed by atoms with E-state index in [2.05, 4.69) is 15.5 Å². The molecule has 0 saturated heterocycles. The molecule has 3 N–H and O–H groups in total. The SMILES string of the molecule is CCC(C)OCc1ccc(C=NNc2nc(N)cs2)cc1F. The van der Waals surface area contributed by atoms with Gasteiger partial charge in [0.15, 0.2) is 0 Å². The van der Waals surface area contributed by atoms with Gasteiger partial charge in [0, 0.05) is 10.9 Å². The second kappa shape index (κ2) is 7.86. The fraction of sp³-hybridized carbons (Fsp3) is 0.333. The molecule has 1 atom stereocenters. The van der Waals surface area contributed by atoms with E-state index in [1.807, 2.05) is 13.8 Å². The van der Waals surface area contributed by atoms with E-state index in [9.17, 15) is 4.39 Å². The molecule has 1 aromatic carbocycles. The van der Waals surface area contributed by atoms with Gasteiger partial charge in [-0.1, -0.05) is 19.1 Å². The molecule has 0 aliphatic heterocycles. The summed E-state index contributed by atoms with van der Waals surface area (Å²) >= 11 is 1.35. The standard InChI is InChI=1S/C15H19FN4OS/c1-3-10(2)21-8-12-5-4-11(6-13(12)16)7-18-20-15-19-14(17)9-22-15/h4-7,9-10H,3,8,17H2,1-2H3,(H,19,20). The predicted octanol–water partition coefficient (Wildman–Crippen LogP) is 3.63. The Bertz CT molecular complexity index is 644. The lowest BCUT2D eigenvalue weighted by molar-refractivity contribution is 0.0492. The maximum atomic E-state index is 14.0. The summed E-state index contributed by atoms with van der Waals surface area (Å²) in [7, 11) is 0. The molecule has 7 heteroatoms. The Morgan fingerprint density at radius 1 is 1.55 bits per heavy atom. The van der Waals surface area contributed by atoms with Gasteiger partial charge in [-0.15, -0.1) is 11.3 Å². The van der Waals surface area contributed by atoms with E-state index in [0.717, 1.165) is 6.42 Å². The van der Waals surface area contributed by atoms with Gasteiger partial charge in [-0.05, 0) is 25.0 Å². The Balaban J connectivity index is 1.93. The van der Waals surface area contributed by atoms with Crippen molar-refractivity contribution >= 4 is 28.5 Å². The number of aromatic nitrogens is 1. The van der Waals surface area contributed by atoms with Crippen LogP contribution in [0.15, 0.2) is 28.7 Å². The molecule has 118 valence electrons. The largest absolute Gasteiger partial charge is 0.383 e. The van der Waals surface area contributed by atoms with E-state index >= 15 is 0 Å². The van der Waals surface area contributed by atoms with Crippen molar-refractivity contribution in [3.05, 3.63) is 40.5 Å². The van der Waals surface area contributed by atoms with Crippen molar-refractivity contribution in [3.8, 4) is 0 Å². The number of thiazole rings is 1. The highest BCUT2D eigenvalue weighted by Gasteiger charge is 2.05. The van der Waals surface area contributed by atoms with E-state index in [1.54, 1.807) is 17.5 Å². The van der Waals surface area contributed by atoms with Crippen LogP contribution in [0.25, 0.3) is 0 Å². The number of nitrogens with two attached hydrogens (primary N) is 1. The normalized spacial score (nSPS) is 12.7. The Labute approximate surface area is 133 Å². The second-order valence-electron chi connectivity index (χ2n) is 4.83. The third kappa shape index (κ3) is 4.78. The number of ether oxygens (including phenoxy) is 1. The molecule has 2 rings (SSSR count). The zero-order valence-corrected chi connectivity index (χ0v) is 13.4. The molecule has 1 unspecified atom stereocenters. The highest BCUT2D eigenvalue weighted by atomic mass is 32.1. The van der Waals surface area contributed by atoms with Gasteiger partial charge in [-0.3, -0.25) is 5.43 Å². The van der Waals surface area contributed by atoms with Crippen molar-refractivity contribution in [1.29, 1.82) is 0 Å². The second-order valence-corrected chi connectivity index (χ2v) is 5.69. The molecule has 0 amide bonds. The molecule has 0 spiro atoms. The molecule has 0 radical (unpaired) electrons. The predicted molar refractivity (Wildman–Crippen MR) is 88.7 cm³/mol. The fourth-order valence-corrected chi connectivity index (χ4v) is 2.16. The van der Waals surface area contributed by atoms with E-state index < -0.39 is 0 Å². The number of rotatable bonds is 7. The zero-order chi connectivity index (χ0) is 15.9. The molecule has 0 fully saturated rings. The maximum absolute atomic E-state index is 14.0. The number of hydrazone groups is 1. The average Bonchev–Trinajstić information content (AvgIpc) is 2.91. The first-order valence-corrected chi connectivity index (χ1v) is 7.86. The molecular weight excluding hydrogens is 303 g/mol. The monoisotopic (exact) mass is 322 g/mol. The van der Waals surface area contributed by atoms with E-state index in [0.29, 0.717) is 22.1 Å². The average molecular weight is 322 g/mol. The summed E-state index contributed by atoms with van der Waals surface area (Å²) in [6.45, 7) is 4.27. The first-order valence-electron chi connectivity index (χ1n) is 6.98. The minimum Gasteiger partial charge on any atom is -0.383 e. The summed E-state index contributed by atoms with van der Waals surface area (Å²) in [4.78, 5) is 4.00. The molecule has 0 bridgehead atoms. The quantitative estimate of drug-likeness (QED) is 0.603. The fourth-order valence-electron chi connectivity index (χ4n) is 1.61. The number of hydrogen-bond donors (Lipinski definition) is 2. The van der Waals surface area contributed by atoms with Crippen LogP contribution in [0.5, 0.6) is 0 Å².